The standard InChI is InChI=1S/C11H7FN2OS/c12-9-3-1-2-8(4-9)11-14-10(6-16-11)5-13-7-15/h1-4,6H,5H2. The van der Waals surface area contributed by atoms with E-state index >= 15 is 0 Å². The highest BCUT2D eigenvalue weighted by atomic mass is 32.1. The third-order valence-corrected chi connectivity index (χ3v) is 2.87. The SMILES string of the molecule is O=C=NCc1csc(-c2cccc(F)c2)n1. The average molecular weight is 234 g/mol. The van der Waals surface area contributed by atoms with Crippen LogP contribution in [0, 0.1) is 5.82 Å². The van der Waals surface area contributed by atoms with E-state index in [0.29, 0.717) is 5.69 Å². The van der Waals surface area contributed by atoms with Gasteiger partial charge in [-0.2, -0.15) is 4.99 Å². The van der Waals surface area contributed by atoms with E-state index in [0.717, 1.165) is 10.6 Å². The molecule has 80 valence electrons. The van der Waals surface area contributed by atoms with E-state index in [1.54, 1.807) is 17.5 Å². The van der Waals surface area contributed by atoms with Gasteiger partial charge in [-0.1, -0.05) is 12.1 Å². The molecule has 0 spiro atoms. The number of carbonyl (C=O) groups excluding carboxylic acids is 1. The van der Waals surface area contributed by atoms with E-state index in [2.05, 4.69) is 9.98 Å². The minimum absolute atomic E-state index is 0.218. The Balaban J connectivity index is 2.27. The molecule has 0 saturated carbocycles. The molecule has 0 unspecified atom stereocenters. The average Bonchev–Trinajstić information content (AvgIpc) is 2.75. The number of hydrogen-bond acceptors (Lipinski definition) is 4. The highest BCUT2D eigenvalue weighted by Crippen LogP contribution is 2.24. The van der Waals surface area contributed by atoms with Crippen LogP contribution < -0.4 is 0 Å². The zero-order valence-electron chi connectivity index (χ0n) is 8.18. The Morgan fingerprint density at radius 3 is 3.12 bits per heavy atom. The van der Waals surface area contributed by atoms with Gasteiger partial charge in [0.05, 0.1) is 12.2 Å². The van der Waals surface area contributed by atoms with Gasteiger partial charge in [-0.3, -0.25) is 0 Å². The Kier molecular flexibility index (Phi) is 3.19. The normalized spacial score (nSPS) is 9.81. The lowest BCUT2D eigenvalue weighted by Crippen LogP contribution is -1.82. The lowest BCUT2D eigenvalue weighted by molar-refractivity contribution is 0.562. The molecule has 0 bridgehead atoms. The number of aromatic nitrogens is 1. The molecule has 0 radical (unpaired) electrons. The Morgan fingerprint density at radius 2 is 2.38 bits per heavy atom. The molecule has 5 heteroatoms. The van der Waals surface area contributed by atoms with Gasteiger partial charge in [0, 0.05) is 10.9 Å². The van der Waals surface area contributed by atoms with Crippen LogP contribution in [0.1, 0.15) is 5.69 Å². The fraction of sp³-hybridized carbons (Fsp3) is 0.0909. The first-order valence-electron chi connectivity index (χ1n) is 4.53. The number of halogens is 1. The second-order valence-corrected chi connectivity index (χ2v) is 3.92. The first-order chi connectivity index (χ1) is 7.79. The number of isocyanates is 1. The third kappa shape index (κ3) is 2.39. The van der Waals surface area contributed by atoms with Crippen molar-refractivity contribution in [1.82, 2.24) is 4.98 Å². The van der Waals surface area contributed by atoms with Crippen molar-refractivity contribution >= 4 is 17.4 Å². The van der Waals surface area contributed by atoms with Crippen molar-refractivity contribution in [3.05, 3.63) is 41.2 Å². The van der Waals surface area contributed by atoms with Gasteiger partial charge in [0.25, 0.3) is 0 Å². The topological polar surface area (TPSA) is 42.3 Å². The zero-order valence-corrected chi connectivity index (χ0v) is 9.00. The lowest BCUT2D eigenvalue weighted by Gasteiger charge is -1.95. The Bertz CT molecular complexity index is 546. The summed E-state index contributed by atoms with van der Waals surface area (Å²) in [4.78, 5) is 17.6. The van der Waals surface area contributed by atoms with Gasteiger partial charge < -0.3 is 0 Å². The van der Waals surface area contributed by atoms with Gasteiger partial charge in [-0.25, -0.2) is 14.2 Å². The quantitative estimate of drug-likeness (QED) is 0.605. The van der Waals surface area contributed by atoms with Crippen LogP contribution in [0.15, 0.2) is 34.6 Å². The van der Waals surface area contributed by atoms with Crippen molar-refractivity contribution in [1.29, 1.82) is 0 Å². The molecule has 1 aromatic carbocycles. The van der Waals surface area contributed by atoms with E-state index in [9.17, 15) is 9.18 Å². The number of aliphatic imine (C=N–C) groups is 1. The fourth-order valence-electron chi connectivity index (χ4n) is 1.25. The molecule has 0 fully saturated rings. The molecule has 0 aliphatic rings. The third-order valence-electron chi connectivity index (χ3n) is 1.93. The summed E-state index contributed by atoms with van der Waals surface area (Å²) in [5.74, 6) is -0.292. The minimum atomic E-state index is -0.292. The Morgan fingerprint density at radius 1 is 1.50 bits per heavy atom. The highest BCUT2D eigenvalue weighted by molar-refractivity contribution is 7.13. The molecule has 2 aromatic rings. The summed E-state index contributed by atoms with van der Waals surface area (Å²) in [5.41, 5.74) is 1.42. The molecule has 0 N–H and O–H groups in total. The maximum absolute atomic E-state index is 13.0. The molecular weight excluding hydrogens is 227 g/mol. The number of benzene rings is 1. The molecular formula is C11H7FN2OS. The van der Waals surface area contributed by atoms with Gasteiger partial charge >= 0.3 is 0 Å². The summed E-state index contributed by atoms with van der Waals surface area (Å²) < 4.78 is 13.0. The van der Waals surface area contributed by atoms with Crippen molar-refractivity contribution < 1.29 is 9.18 Å². The maximum atomic E-state index is 13.0. The summed E-state index contributed by atoms with van der Waals surface area (Å²) in [6.45, 7) is 0.218. The van der Waals surface area contributed by atoms with Crippen molar-refractivity contribution in [3.63, 3.8) is 0 Å². The largest absolute Gasteiger partial charge is 0.239 e. The summed E-state index contributed by atoms with van der Waals surface area (Å²) in [6, 6.07) is 6.23. The zero-order chi connectivity index (χ0) is 11.4. The van der Waals surface area contributed by atoms with Crippen LogP contribution in [0.5, 0.6) is 0 Å². The van der Waals surface area contributed by atoms with Gasteiger partial charge in [-0.05, 0) is 12.1 Å². The first kappa shape index (κ1) is 10.7. The first-order valence-corrected chi connectivity index (χ1v) is 5.41. The van der Waals surface area contributed by atoms with E-state index in [1.807, 2.05) is 0 Å². The van der Waals surface area contributed by atoms with E-state index < -0.39 is 0 Å². The van der Waals surface area contributed by atoms with Crippen LogP contribution in [0.4, 0.5) is 4.39 Å². The van der Waals surface area contributed by atoms with Crippen molar-refractivity contribution in [2.45, 2.75) is 6.54 Å². The number of nitrogens with zero attached hydrogens (tertiary/aromatic N) is 2. The summed E-state index contributed by atoms with van der Waals surface area (Å²) in [5, 5.41) is 2.51. The fourth-order valence-corrected chi connectivity index (χ4v) is 2.05. The molecule has 0 aliphatic heterocycles. The Labute approximate surface area is 95.3 Å². The monoisotopic (exact) mass is 234 g/mol. The number of thiazole rings is 1. The second-order valence-electron chi connectivity index (χ2n) is 3.06. The molecule has 0 atom stereocenters. The highest BCUT2D eigenvalue weighted by Gasteiger charge is 2.04. The Hall–Kier alpha value is -1.84. The van der Waals surface area contributed by atoms with Crippen LogP contribution >= 0.6 is 11.3 Å². The van der Waals surface area contributed by atoms with Crippen LogP contribution in [0.3, 0.4) is 0 Å². The molecule has 0 amide bonds. The number of hydrogen-bond donors (Lipinski definition) is 0. The molecule has 0 saturated heterocycles. The molecule has 2 rings (SSSR count). The summed E-state index contributed by atoms with van der Waals surface area (Å²) in [7, 11) is 0. The molecule has 0 aliphatic carbocycles. The van der Waals surface area contributed by atoms with Crippen LogP contribution in [0.25, 0.3) is 10.6 Å². The predicted octanol–water partition coefficient (Wildman–Crippen LogP) is 2.79. The summed E-state index contributed by atoms with van der Waals surface area (Å²) in [6.07, 6.45) is 1.45. The smallest absolute Gasteiger partial charge is 0.235 e. The van der Waals surface area contributed by atoms with Gasteiger partial charge in [-0.15, -0.1) is 11.3 Å². The molecule has 16 heavy (non-hydrogen) atoms. The van der Waals surface area contributed by atoms with Crippen LogP contribution in [-0.2, 0) is 11.3 Å². The maximum Gasteiger partial charge on any atom is 0.235 e. The molecule has 3 nitrogen and oxygen atoms in total. The molecule has 1 heterocycles. The number of rotatable bonds is 3. The van der Waals surface area contributed by atoms with Gasteiger partial charge in [0.1, 0.15) is 10.8 Å². The second kappa shape index (κ2) is 4.79. The van der Waals surface area contributed by atoms with Gasteiger partial charge in [0.15, 0.2) is 0 Å². The van der Waals surface area contributed by atoms with Crippen molar-refractivity contribution in [2.75, 3.05) is 0 Å². The van der Waals surface area contributed by atoms with Crippen molar-refractivity contribution in [3.8, 4) is 10.6 Å². The van der Waals surface area contributed by atoms with E-state index in [4.69, 9.17) is 0 Å². The predicted molar refractivity (Wildman–Crippen MR) is 59.3 cm³/mol. The van der Waals surface area contributed by atoms with E-state index in [-0.39, 0.29) is 12.4 Å². The summed E-state index contributed by atoms with van der Waals surface area (Å²) >= 11 is 1.39. The van der Waals surface area contributed by atoms with Crippen molar-refractivity contribution in [2.24, 2.45) is 4.99 Å². The van der Waals surface area contributed by atoms with Crippen LogP contribution in [0.2, 0.25) is 0 Å². The lowest BCUT2D eigenvalue weighted by atomic mass is 10.2. The van der Waals surface area contributed by atoms with E-state index in [1.165, 1.54) is 29.5 Å². The van der Waals surface area contributed by atoms with Gasteiger partial charge in [0.2, 0.25) is 6.08 Å². The van der Waals surface area contributed by atoms with Crippen LogP contribution in [-0.4, -0.2) is 11.1 Å². The minimum Gasteiger partial charge on any atom is -0.239 e. The molecule has 1 aromatic heterocycles.